The maximum atomic E-state index is 10.7. The normalized spacial score (nSPS) is 11.0. The highest BCUT2D eigenvalue weighted by atomic mass is 32.2. The molecule has 0 amide bonds. The van der Waals surface area contributed by atoms with Crippen LogP contribution in [0.3, 0.4) is 0 Å². The van der Waals surface area contributed by atoms with Crippen molar-refractivity contribution < 1.29 is 13.8 Å². The third kappa shape index (κ3) is 3.37. The first-order chi connectivity index (χ1) is 13.1. The van der Waals surface area contributed by atoms with E-state index in [-0.39, 0.29) is 11.6 Å². The van der Waals surface area contributed by atoms with Crippen molar-refractivity contribution in [3.05, 3.63) is 58.7 Å². The van der Waals surface area contributed by atoms with Crippen molar-refractivity contribution in [2.75, 3.05) is 5.84 Å². The average Bonchev–Trinajstić information content (AvgIpc) is 3.41. The number of nitrogens with two attached hydrogens (primary N) is 1. The summed E-state index contributed by atoms with van der Waals surface area (Å²) in [6.07, 6.45) is 1.52. The second-order valence-corrected chi connectivity index (χ2v) is 6.19. The van der Waals surface area contributed by atoms with Crippen LogP contribution >= 0.6 is 11.8 Å². The first kappa shape index (κ1) is 16.8. The molecule has 0 spiro atoms. The minimum absolute atomic E-state index is 0.0105. The van der Waals surface area contributed by atoms with Gasteiger partial charge in [-0.25, -0.2) is 4.68 Å². The lowest BCUT2D eigenvalue weighted by atomic mass is 10.2. The lowest BCUT2D eigenvalue weighted by Crippen LogP contribution is -2.11. The molecule has 12 heteroatoms. The molecule has 1 aromatic carbocycles. The highest BCUT2D eigenvalue weighted by molar-refractivity contribution is 7.98. The van der Waals surface area contributed by atoms with Gasteiger partial charge in [-0.3, -0.25) is 10.1 Å². The molecular weight excluding hydrogens is 374 g/mol. The van der Waals surface area contributed by atoms with Gasteiger partial charge in [-0.2, -0.15) is 0 Å². The number of hydrogen-bond acceptors (Lipinski definition) is 10. The van der Waals surface area contributed by atoms with Crippen molar-refractivity contribution >= 4 is 17.4 Å². The molecule has 4 rings (SSSR count). The van der Waals surface area contributed by atoms with Crippen molar-refractivity contribution in [1.82, 2.24) is 25.1 Å². The number of hydrogen-bond donors (Lipinski definition) is 1. The van der Waals surface area contributed by atoms with Crippen LogP contribution in [0.4, 0.5) is 5.69 Å². The Kier molecular flexibility index (Phi) is 4.30. The summed E-state index contributed by atoms with van der Waals surface area (Å²) >= 11 is 1.27. The minimum Gasteiger partial charge on any atom is -0.461 e. The van der Waals surface area contributed by atoms with Crippen LogP contribution in [-0.2, 0) is 5.75 Å². The second-order valence-electron chi connectivity index (χ2n) is 5.25. The molecule has 0 radical (unpaired) electrons. The molecule has 3 aromatic heterocycles. The quantitative estimate of drug-likeness (QED) is 0.227. The van der Waals surface area contributed by atoms with Gasteiger partial charge in [-0.15, -0.1) is 20.4 Å². The van der Waals surface area contributed by atoms with Gasteiger partial charge >= 0.3 is 0 Å². The summed E-state index contributed by atoms with van der Waals surface area (Å²) in [6, 6.07) is 9.32. The van der Waals surface area contributed by atoms with Crippen molar-refractivity contribution in [2.45, 2.75) is 10.9 Å². The fraction of sp³-hybridized carbons (Fsp3) is 0.0667. The fourth-order valence-electron chi connectivity index (χ4n) is 2.23. The number of furan rings is 1. The Labute approximate surface area is 155 Å². The summed E-state index contributed by atoms with van der Waals surface area (Å²) in [4.78, 5) is 10.2. The lowest BCUT2D eigenvalue weighted by Gasteiger charge is -2.00. The smallest absolute Gasteiger partial charge is 0.269 e. The standard InChI is InChI=1S/C15H11N7O4S/c16-21-13(11-2-1-7-25-11)18-20-15(21)27-8-12-17-19-14(26-12)9-3-5-10(6-4-9)22(23)24/h1-7H,8,16H2. The maximum absolute atomic E-state index is 10.7. The average molecular weight is 385 g/mol. The second kappa shape index (κ2) is 6.92. The van der Waals surface area contributed by atoms with Crippen LogP contribution in [-0.4, -0.2) is 30.0 Å². The van der Waals surface area contributed by atoms with Gasteiger partial charge in [0.25, 0.3) is 5.69 Å². The molecule has 0 bridgehead atoms. The molecule has 3 heterocycles. The van der Waals surface area contributed by atoms with Crippen LogP contribution in [0.5, 0.6) is 0 Å². The summed E-state index contributed by atoms with van der Waals surface area (Å²) in [5.41, 5.74) is 0.579. The van der Waals surface area contributed by atoms with E-state index >= 15 is 0 Å². The molecule has 0 atom stereocenters. The monoisotopic (exact) mass is 385 g/mol. The van der Waals surface area contributed by atoms with Gasteiger partial charge in [0.2, 0.25) is 22.8 Å². The van der Waals surface area contributed by atoms with Crippen molar-refractivity contribution in [1.29, 1.82) is 0 Å². The van der Waals surface area contributed by atoms with Gasteiger partial charge in [0.15, 0.2) is 5.76 Å². The van der Waals surface area contributed by atoms with E-state index in [1.54, 1.807) is 24.3 Å². The lowest BCUT2D eigenvalue weighted by molar-refractivity contribution is -0.384. The Balaban J connectivity index is 1.45. The summed E-state index contributed by atoms with van der Waals surface area (Å²) in [7, 11) is 0. The minimum atomic E-state index is -0.473. The molecule has 0 aliphatic heterocycles. The number of nitro benzene ring substituents is 1. The molecule has 0 aliphatic carbocycles. The Morgan fingerprint density at radius 2 is 1.96 bits per heavy atom. The zero-order chi connectivity index (χ0) is 18.8. The summed E-state index contributed by atoms with van der Waals surface area (Å²) in [5, 5.41) is 27.1. The topological polar surface area (TPSA) is 152 Å². The van der Waals surface area contributed by atoms with E-state index in [4.69, 9.17) is 14.7 Å². The maximum Gasteiger partial charge on any atom is 0.269 e. The number of nitrogens with zero attached hydrogens (tertiary/aromatic N) is 6. The molecule has 136 valence electrons. The van der Waals surface area contributed by atoms with Crippen molar-refractivity contribution in [3.8, 4) is 23.0 Å². The van der Waals surface area contributed by atoms with Crippen LogP contribution in [0.2, 0.25) is 0 Å². The number of nitrogen functional groups attached to an aromatic ring is 1. The van der Waals surface area contributed by atoms with Crippen molar-refractivity contribution in [2.24, 2.45) is 0 Å². The Morgan fingerprint density at radius 1 is 1.15 bits per heavy atom. The molecule has 27 heavy (non-hydrogen) atoms. The van der Waals surface area contributed by atoms with Gasteiger partial charge in [0.05, 0.1) is 16.9 Å². The number of nitro groups is 1. The first-order valence-electron chi connectivity index (χ1n) is 7.56. The third-order valence-corrected chi connectivity index (χ3v) is 4.45. The Morgan fingerprint density at radius 3 is 2.67 bits per heavy atom. The summed E-state index contributed by atoms with van der Waals surface area (Å²) in [6.45, 7) is 0. The van der Waals surface area contributed by atoms with Gasteiger partial charge < -0.3 is 14.7 Å². The largest absolute Gasteiger partial charge is 0.461 e. The Bertz CT molecular complexity index is 1070. The van der Waals surface area contributed by atoms with Gasteiger partial charge in [-0.05, 0) is 24.3 Å². The summed E-state index contributed by atoms with van der Waals surface area (Å²) in [5.74, 6) is 7.85. The van der Waals surface area contributed by atoms with E-state index in [9.17, 15) is 10.1 Å². The van der Waals surface area contributed by atoms with E-state index in [1.807, 2.05) is 0 Å². The zero-order valence-electron chi connectivity index (χ0n) is 13.6. The molecular formula is C15H11N7O4S. The van der Waals surface area contributed by atoms with E-state index in [2.05, 4.69) is 20.4 Å². The number of non-ortho nitro benzene ring substituents is 1. The van der Waals surface area contributed by atoms with Crippen molar-refractivity contribution in [3.63, 3.8) is 0 Å². The van der Waals surface area contributed by atoms with Gasteiger partial charge in [0, 0.05) is 17.7 Å². The first-order valence-corrected chi connectivity index (χ1v) is 8.55. The summed E-state index contributed by atoms with van der Waals surface area (Å²) < 4.78 is 12.2. The predicted molar refractivity (Wildman–Crippen MR) is 93.8 cm³/mol. The fourth-order valence-corrected chi connectivity index (χ4v) is 2.92. The highest BCUT2D eigenvalue weighted by Crippen LogP contribution is 2.26. The third-order valence-electron chi connectivity index (χ3n) is 3.52. The zero-order valence-corrected chi connectivity index (χ0v) is 14.4. The number of thioether (sulfide) groups is 1. The molecule has 4 aromatic rings. The number of benzene rings is 1. The van der Waals surface area contributed by atoms with Gasteiger partial charge in [0.1, 0.15) is 0 Å². The highest BCUT2D eigenvalue weighted by Gasteiger charge is 2.16. The molecule has 0 saturated carbocycles. The predicted octanol–water partition coefficient (Wildman–Crippen LogP) is 2.50. The Hall–Kier alpha value is -3.67. The van der Waals surface area contributed by atoms with E-state index < -0.39 is 4.92 Å². The van der Waals surface area contributed by atoms with Crippen LogP contribution in [0.1, 0.15) is 5.89 Å². The van der Waals surface area contributed by atoms with E-state index in [1.165, 1.54) is 34.8 Å². The van der Waals surface area contributed by atoms with E-state index in [0.29, 0.717) is 33.9 Å². The molecule has 11 nitrogen and oxygen atoms in total. The van der Waals surface area contributed by atoms with E-state index in [0.717, 1.165) is 0 Å². The number of rotatable bonds is 6. The number of aromatic nitrogens is 5. The van der Waals surface area contributed by atoms with Crippen LogP contribution in [0.25, 0.3) is 23.0 Å². The molecule has 0 saturated heterocycles. The SMILES string of the molecule is Nn1c(SCc2nnc(-c3ccc([N+](=O)[O-])cc3)o2)nnc1-c1ccco1. The van der Waals surface area contributed by atoms with Crippen LogP contribution < -0.4 is 5.84 Å². The van der Waals surface area contributed by atoms with Gasteiger partial charge in [-0.1, -0.05) is 11.8 Å². The molecule has 0 fully saturated rings. The molecule has 0 aliphatic rings. The molecule has 2 N–H and O–H groups in total. The van der Waals surface area contributed by atoms with Crippen LogP contribution in [0, 0.1) is 10.1 Å². The van der Waals surface area contributed by atoms with Crippen LogP contribution in [0.15, 0.2) is 56.7 Å². The molecule has 0 unspecified atom stereocenters.